The van der Waals surface area contributed by atoms with Gasteiger partial charge in [-0.05, 0) is 24.6 Å². The Bertz CT molecular complexity index is 419. The molecule has 1 N–H and O–H groups in total. The van der Waals surface area contributed by atoms with E-state index in [1.54, 1.807) is 0 Å². The van der Waals surface area contributed by atoms with E-state index >= 15 is 0 Å². The van der Waals surface area contributed by atoms with Crippen molar-refractivity contribution in [2.24, 2.45) is 0 Å². The Labute approximate surface area is 93.4 Å². The van der Waals surface area contributed by atoms with Gasteiger partial charge in [0.25, 0.3) is 0 Å². The molecule has 1 unspecified atom stereocenters. The molecule has 0 saturated heterocycles. The Morgan fingerprint density at radius 3 is 2.38 bits per heavy atom. The van der Waals surface area contributed by atoms with Crippen molar-refractivity contribution in [1.82, 2.24) is 4.98 Å². The quantitative estimate of drug-likeness (QED) is 0.838. The van der Waals surface area contributed by atoms with Gasteiger partial charge in [0, 0.05) is 0 Å². The molecule has 0 fully saturated rings. The van der Waals surface area contributed by atoms with Gasteiger partial charge in [0.1, 0.15) is 11.9 Å². The molecule has 0 spiro atoms. The van der Waals surface area contributed by atoms with Gasteiger partial charge in [-0.25, -0.2) is 4.39 Å². The minimum atomic E-state index is -0.804. The minimum Gasteiger partial charge on any atom is -0.382 e. The van der Waals surface area contributed by atoms with Gasteiger partial charge in [0.15, 0.2) is 0 Å². The average Bonchev–Trinajstić information content (AvgIpc) is 2.30. The normalized spacial score (nSPS) is 12.4. The van der Waals surface area contributed by atoms with Crippen LogP contribution in [0.3, 0.4) is 0 Å². The molecule has 0 aliphatic heterocycles. The minimum absolute atomic E-state index is 0.403. The molecule has 1 heterocycles. The Balaban J connectivity index is 2.28. The highest BCUT2D eigenvalue weighted by Crippen LogP contribution is 2.20. The van der Waals surface area contributed by atoms with Crippen LogP contribution in [0.15, 0.2) is 42.6 Å². The number of rotatable bonds is 2. The summed E-state index contributed by atoms with van der Waals surface area (Å²) in [5.74, 6) is -0.403. The lowest BCUT2D eigenvalue weighted by atomic mass is 10.0. The summed E-state index contributed by atoms with van der Waals surface area (Å²) in [4.78, 5) is 3.85. The Morgan fingerprint density at radius 2 is 1.81 bits per heavy atom. The highest BCUT2D eigenvalue weighted by atomic mass is 19.1. The van der Waals surface area contributed by atoms with Gasteiger partial charge >= 0.3 is 0 Å². The predicted octanol–water partition coefficient (Wildman–Crippen LogP) is 2.61. The molecule has 2 nitrogen and oxygen atoms in total. The first-order valence-electron chi connectivity index (χ1n) is 5.03. The molecule has 0 radical (unpaired) electrons. The highest BCUT2D eigenvalue weighted by molar-refractivity contribution is 5.28. The maximum absolute atomic E-state index is 12.7. The third kappa shape index (κ3) is 2.25. The Kier molecular flexibility index (Phi) is 2.97. The monoisotopic (exact) mass is 217 g/mol. The van der Waals surface area contributed by atoms with Crippen LogP contribution in [0.25, 0.3) is 0 Å². The van der Waals surface area contributed by atoms with E-state index in [2.05, 4.69) is 4.98 Å². The third-order valence-corrected chi connectivity index (χ3v) is 2.42. The fourth-order valence-electron chi connectivity index (χ4n) is 1.47. The number of pyridine rings is 1. The van der Waals surface area contributed by atoms with Crippen LogP contribution >= 0.6 is 0 Å². The van der Waals surface area contributed by atoms with E-state index in [1.807, 2.05) is 31.2 Å². The van der Waals surface area contributed by atoms with Crippen molar-refractivity contribution < 1.29 is 9.50 Å². The summed E-state index contributed by atoms with van der Waals surface area (Å²) < 4.78 is 12.7. The van der Waals surface area contributed by atoms with Gasteiger partial charge in [-0.3, -0.25) is 4.98 Å². The first-order valence-corrected chi connectivity index (χ1v) is 5.03. The zero-order chi connectivity index (χ0) is 11.5. The average molecular weight is 217 g/mol. The van der Waals surface area contributed by atoms with Crippen LogP contribution in [0, 0.1) is 12.7 Å². The number of aromatic nitrogens is 1. The summed E-state index contributed by atoms with van der Waals surface area (Å²) in [5.41, 5.74) is 2.33. The molecule has 0 aliphatic rings. The molecule has 1 atom stereocenters. The topological polar surface area (TPSA) is 33.1 Å². The molecule has 82 valence electrons. The van der Waals surface area contributed by atoms with Crippen molar-refractivity contribution >= 4 is 0 Å². The van der Waals surface area contributed by atoms with Crippen LogP contribution in [-0.4, -0.2) is 10.1 Å². The summed E-state index contributed by atoms with van der Waals surface area (Å²) in [6, 6.07) is 10.3. The Morgan fingerprint density at radius 1 is 1.12 bits per heavy atom. The molecule has 0 aliphatic carbocycles. The molecular weight excluding hydrogens is 205 g/mol. The standard InChI is InChI=1S/C13H12FNO/c1-9-2-4-10(5-3-9)13(16)12-7-6-11(14)8-15-12/h2-8,13,16H,1H3. The summed E-state index contributed by atoms with van der Waals surface area (Å²) in [5, 5.41) is 9.99. The van der Waals surface area contributed by atoms with E-state index in [1.165, 1.54) is 12.1 Å². The van der Waals surface area contributed by atoms with E-state index < -0.39 is 11.9 Å². The Hall–Kier alpha value is -1.74. The van der Waals surface area contributed by atoms with E-state index in [9.17, 15) is 9.50 Å². The smallest absolute Gasteiger partial charge is 0.141 e. The summed E-state index contributed by atoms with van der Waals surface area (Å²) in [6.45, 7) is 1.98. The maximum atomic E-state index is 12.7. The zero-order valence-electron chi connectivity index (χ0n) is 8.89. The predicted molar refractivity (Wildman–Crippen MR) is 59.4 cm³/mol. The van der Waals surface area contributed by atoms with Crippen LogP contribution in [0.2, 0.25) is 0 Å². The first kappa shape index (κ1) is 10.8. The molecule has 16 heavy (non-hydrogen) atoms. The van der Waals surface area contributed by atoms with Gasteiger partial charge in [0.05, 0.1) is 11.9 Å². The molecule has 0 amide bonds. The van der Waals surface area contributed by atoms with E-state index in [-0.39, 0.29) is 0 Å². The number of aryl methyl sites for hydroxylation is 1. The SMILES string of the molecule is Cc1ccc(C(O)c2ccc(F)cn2)cc1. The van der Waals surface area contributed by atoms with Crippen molar-refractivity contribution in [3.63, 3.8) is 0 Å². The summed E-state index contributed by atoms with van der Waals surface area (Å²) in [7, 11) is 0. The van der Waals surface area contributed by atoms with Gasteiger partial charge in [-0.1, -0.05) is 29.8 Å². The highest BCUT2D eigenvalue weighted by Gasteiger charge is 2.11. The van der Waals surface area contributed by atoms with Crippen LogP contribution in [0.4, 0.5) is 4.39 Å². The van der Waals surface area contributed by atoms with Crippen molar-refractivity contribution in [2.75, 3.05) is 0 Å². The van der Waals surface area contributed by atoms with Gasteiger partial charge in [0.2, 0.25) is 0 Å². The molecule has 0 bridgehead atoms. The fourth-order valence-corrected chi connectivity index (χ4v) is 1.47. The largest absolute Gasteiger partial charge is 0.382 e. The van der Waals surface area contributed by atoms with Crippen LogP contribution in [0.1, 0.15) is 22.9 Å². The van der Waals surface area contributed by atoms with Crippen molar-refractivity contribution in [3.05, 3.63) is 65.2 Å². The van der Waals surface area contributed by atoms with Gasteiger partial charge in [-0.15, -0.1) is 0 Å². The van der Waals surface area contributed by atoms with Gasteiger partial charge < -0.3 is 5.11 Å². The number of benzene rings is 1. The summed E-state index contributed by atoms with van der Waals surface area (Å²) >= 11 is 0. The fraction of sp³-hybridized carbons (Fsp3) is 0.154. The van der Waals surface area contributed by atoms with Crippen molar-refractivity contribution in [3.8, 4) is 0 Å². The maximum Gasteiger partial charge on any atom is 0.141 e. The second kappa shape index (κ2) is 4.41. The molecule has 0 saturated carbocycles. The molecule has 3 heteroatoms. The lowest BCUT2D eigenvalue weighted by Crippen LogP contribution is -2.02. The van der Waals surface area contributed by atoms with Crippen molar-refractivity contribution in [1.29, 1.82) is 0 Å². The molecule has 2 rings (SSSR count). The summed E-state index contributed by atoms with van der Waals surface area (Å²) in [6.07, 6.45) is 0.299. The van der Waals surface area contributed by atoms with E-state index in [0.29, 0.717) is 5.69 Å². The zero-order valence-corrected chi connectivity index (χ0v) is 8.89. The number of halogens is 1. The molecular formula is C13H12FNO. The first-order chi connectivity index (χ1) is 7.66. The van der Waals surface area contributed by atoms with Gasteiger partial charge in [-0.2, -0.15) is 0 Å². The van der Waals surface area contributed by atoms with Crippen LogP contribution in [0.5, 0.6) is 0 Å². The lowest BCUT2D eigenvalue weighted by Gasteiger charge is -2.10. The number of hydrogen-bond donors (Lipinski definition) is 1. The molecule has 2 aromatic rings. The van der Waals surface area contributed by atoms with E-state index in [4.69, 9.17) is 0 Å². The number of nitrogens with zero attached hydrogens (tertiary/aromatic N) is 1. The number of aliphatic hydroxyl groups excluding tert-OH is 1. The number of hydrogen-bond acceptors (Lipinski definition) is 2. The van der Waals surface area contributed by atoms with Crippen molar-refractivity contribution in [2.45, 2.75) is 13.0 Å². The molecule has 1 aromatic carbocycles. The third-order valence-electron chi connectivity index (χ3n) is 2.42. The second-order valence-corrected chi connectivity index (χ2v) is 3.71. The second-order valence-electron chi connectivity index (χ2n) is 3.71. The molecule has 1 aromatic heterocycles. The van der Waals surface area contributed by atoms with Crippen LogP contribution in [-0.2, 0) is 0 Å². The van der Waals surface area contributed by atoms with Crippen LogP contribution < -0.4 is 0 Å². The van der Waals surface area contributed by atoms with E-state index in [0.717, 1.165) is 17.3 Å². The number of aliphatic hydroxyl groups is 1. The lowest BCUT2D eigenvalue weighted by molar-refractivity contribution is 0.215.